The highest BCUT2D eigenvalue weighted by Gasteiger charge is 2.26. The number of fused-ring (bicyclic) bond motifs is 1. The van der Waals surface area contributed by atoms with Crippen LogP contribution in [0.5, 0.6) is 5.75 Å². The summed E-state index contributed by atoms with van der Waals surface area (Å²) in [5.41, 5.74) is 3.95. The van der Waals surface area contributed by atoms with E-state index in [1.807, 2.05) is 42.6 Å². The van der Waals surface area contributed by atoms with Crippen molar-refractivity contribution in [1.82, 2.24) is 19.9 Å². The van der Waals surface area contributed by atoms with Gasteiger partial charge in [-0.05, 0) is 69.1 Å². The van der Waals surface area contributed by atoms with E-state index in [-0.39, 0.29) is 0 Å². The van der Waals surface area contributed by atoms with E-state index in [0.29, 0.717) is 17.8 Å². The number of benzene rings is 2. The van der Waals surface area contributed by atoms with Gasteiger partial charge in [0.05, 0.1) is 35.9 Å². The number of ether oxygens (including phenoxy) is 1. The van der Waals surface area contributed by atoms with Crippen LogP contribution in [-0.4, -0.2) is 59.2 Å². The molecule has 8 nitrogen and oxygen atoms in total. The molecular formula is C30H35N7O. The molecular weight excluding hydrogens is 474 g/mol. The second-order valence-corrected chi connectivity index (χ2v) is 10.1. The van der Waals surface area contributed by atoms with Crippen molar-refractivity contribution >= 4 is 39.7 Å². The zero-order valence-corrected chi connectivity index (χ0v) is 21.9. The summed E-state index contributed by atoms with van der Waals surface area (Å²) >= 11 is 0. The molecule has 2 aliphatic rings. The van der Waals surface area contributed by atoms with E-state index in [4.69, 9.17) is 9.72 Å². The molecule has 0 bridgehead atoms. The van der Waals surface area contributed by atoms with Gasteiger partial charge in [0.1, 0.15) is 11.6 Å². The number of nitrogens with one attached hydrogen (secondary N) is 2. The van der Waals surface area contributed by atoms with Crippen LogP contribution in [0.25, 0.3) is 10.9 Å². The average Bonchev–Trinajstić information content (AvgIpc) is 2.98. The van der Waals surface area contributed by atoms with Crippen LogP contribution in [0.3, 0.4) is 0 Å². The highest BCUT2D eigenvalue weighted by atomic mass is 16.5. The number of likely N-dealkylation sites (tertiary alicyclic amines) is 1. The smallest absolute Gasteiger partial charge is 0.229 e. The molecule has 0 radical (unpaired) electrons. The molecule has 2 aromatic heterocycles. The SMILES string of the molecule is COc1ccc(N2CCC(N3CCCCC3)CC2)c(Nc2nccc(Nc3cnc4ccccc4c3)n2)c1. The summed E-state index contributed by atoms with van der Waals surface area (Å²) in [5.74, 6) is 2.03. The Morgan fingerprint density at radius 1 is 0.868 bits per heavy atom. The number of hydrogen-bond donors (Lipinski definition) is 2. The summed E-state index contributed by atoms with van der Waals surface area (Å²) in [7, 11) is 1.70. The number of piperidine rings is 2. The first-order chi connectivity index (χ1) is 18.7. The van der Waals surface area contributed by atoms with Gasteiger partial charge in [-0.3, -0.25) is 4.98 Å². The highest BCUT2D eigenvalue weighted by molar-refractivity contribution is 5.82. The molecule has 2 aromatic carbocycles. The summed E-state index contributed by atoms with van der Waals surface area (Å²) in [5, 5.41) is 7.91. The largest absolute Gasteiger partial charge is 0.497 e. The Morgan fingerprint density at radius 2 is 1.71 bits per heavy atom. The van der Waals surface area contributed by atoms with E-state index < -0.39 is 0 Å². The molecule has 4 heterocycles. The van der Waals surface area contributed by atoms with Gasteiger partial charge in [-0.1, -0.05) is 24.6 Å². The second kappa shape index (κ2) is 11.2. The van der Waals surface area contributed by atoms with Crippen molar-refractivity contribution in [1.29, 1.82) is 0 Å². The third-order valence-corrected chi connectivity index (χ3v) is 7.68. The Bertz CT molecular complexity index is 1380. The lowest BCUT2D eigenvalue weighted by Crippen LogP contribution is -2.46. The molecule has 0 saturated carbocycles. The third-order valence-electron chi connectivity index (χ3n) is 7.68. The maximum atomic E-state index is 5.54. The fourth-order valence-electron chi connectivity index (χ4n) is 5.67. The maximum Gasteiger partial charge on any atom is 0.229 e. The summed E-state index contributed by atoms with van der Waals surface area (Å²) < 4.78 is 5.54. The Labute approximate surface area is 224 Å². The number of anilines is 5. The predicted octanol–water partition coefficient (Wildman–Crippen LogP) is 5.98. The molecule has 38 heavy (non-hydrogen) atoms. The Hall–Kier alpha value is -3.91. The molecule has 0 unspecified atom stereocenters. The molecule has 0 atom stereocenters. The van der Waals surface area contributed by atoms with Crippen molar-refractivity contribution in [2.24, 2.45) is 0 Å². The van der Waals surface area contributed by atoms with Gasteiger partial charge in [0.25, 0.3) is 0 Å². The lowest BCUT2D eigenvalue weighted by Gasteiger charge is -2.41. The molecule has 196 valence electrons. The van der Waals surface area contributed by atoms with E-state index >= 15 is 0 Å². The van der Waals surface area contributed by atoms with Crippen molar-refractivity contribution in [3.8, 4) is 5.75 Å². The maximum absolute atomic E-state index is 5.54. The van der Waals surface area contributed by atoms with Crippen LogP contribution in [0.4, 0.5) is 28.8 Å². The van der Waals surface area contributed by atoms with E-state index in [2.05, 4.69) is 48.6 Å². The van der Waals surface area contributed by atoms with E-state index in [1.165, 1.54) is 45.2 Å². The zero-order valence-electron chi connectivity index (χ0n) is 21.9. The van der Waals surface area contributed by atoms with Crippen LogP contribution >= 0.6 is 0 Å². The zero-order chi connectivity index (χ0) is 25.7. The minimum absolute atomic E-state index is 0.529. The minimum atomic E-state index is 0.529. The number of methoxy groups -OCH3 is 1. The summed E-state index contributed by atoms with van der Waals surface area (Å²) in [4.78, 5) is 19.0. The van der Waals surface area contributed by atoms with Crippen molar-refractivity contribution in [2.45, 2.75) is 38.1 Å². The first-order valence-corrected chi connectivity index (χ1v) is 13.6. The summed E-state index contributed by atoms with van der Waals surface area (Å²) in [6.45, 7) is 4.60. The predicted molar refractivity (Wildman–Crippen MR) is 154 cm³/mol. The first-order valence-electron chi connectivity index (χ1n) is 13.6. The third kappa shape index (κ3) is 5.50. The molecule has 0 amide bonds. The van der Waals surface area contributed by atoms with Gasteiger partial charge in [0.15, 0.2) is 0 Å². The van der Waals surface area contributed by atoms with Crippen molar-refractivity contribution in [3.05, 3.63) is 67.0 Å². The Balaban J connectivity index is 1.18. The molecule has 0 aliphatic carbocycles. The molecule has 2 N–H and O–H groups in total. The lowest BCUT2D eigenvalue weighted by molar-refractivity contribution is 0.141. The van der Waals surface area contributed by atoms with Crippen LogP contribution in [0.15, 0.2) is 67.0 Å². The number of aromatic nitrogens is 3. The van der Waals surface area contributed by atoms with Crippen molar-refractivity contribution in [2.75, 3.05) is 48.8 Å². The summed E-state index contributed by atoms with van der Waals surface area (Å²) in [6, 6.07) is 18.9. The van der Waals surface area contributed by atoms with Gasteiger partial charge in [0, 0.05) is 36.8 Å². The van der Waals surface area contributed by atoms with Crippen LogP contribution in [0.2, 0.25) is 0 Å². The van der Waals surface area contributed by atoms with Crippen LogP contribution in [-0.2, 0) is 0 Å². The standard InChI is InChI=1S/C30H35N7O/c1-38-25-9-10-28(37-17-12-24(13-18-37)36-15-5-2-6-16-36)27(20-25)34-30-31-14-11-29(35-30)33-23-19-22-7-3-4-8-26(22)32-21-23/h3-4,7-11,14,19-21,24H,2,5-6,12-13,15-18H2,1H3,(H2,31,33,34,35). The van der Waals surface area contributed by atoms with Crippen LogP contribution in [0.1, 0.15) is 32.1 Å². The molecule has 2 fully saturated rings. The number of para-hydroxylation sites is 1. The first kappa shape index (κ1) is 24.4. The number of hydrogen-bond acceptors (Lipinski definition) is 8. The van der Waals surface area contributed by atoms with Crippen LogP contribution in [0, 0.1) is 0 Å². The number of nitrogens with zero attached hydrogens (tertiary/aromatic N) is 5. The second-order valence-electron chi connectivity index (χ2n) is 10.1. The normalized spacial score (nSPS) is 16.9. The fraction of sp³-hybridized carbons (Fsp3) is 0.367. The van der Waals surface area contributed by atoms with Crippen molar-refractivity contribution in [3.63, 3.8) is 0 Å². The fourth-order valence-corrected chi connectivity index (χ4v) is 5.67. The van der Waals surface area contributed by atoms with Gasteiger partial charge < -0.3 is 25.2 Å². The van der Waals surface area contributed by atoms with Crippen LogP contribution < -0.4 is 20.3 Å². The molecule has 0 spiro atoms. The quantitative estimate of drug-likeness (QED) is 0.315. The van der Waals surface area contributed by atoms with Crippen molar-refractivity contribution < 1.29 is 4.74 Å². The summed E-state index contributed by atoms with van der Waals surface area (Å²) in [6.07, 6.45) is 10.0. The monoisotopic (exact) mass is 509 g/mol. The highest BCUT2D eigenvalue weighted by Crippen LogP contribution is 2.34. The Kier molecular flexibility index (Phi) is 7.22. The minimum Gasteiger partial charge on any atom is -0.497 e. The number of rotatable bonds is 7. The molecule has 2 saturated heterocycles. The Morgan fingerprint density at radius 3 is 2.55 bits per heavy atom. The average molecular weight is 510 g/mol. The van der Waals surface area contributed by atoms with E-state index in [9.17, 15) is 0 Å². The van der Waals surface area contributed by atoms with E-state index in [1.54, 1.807) is 13.3 Å². The van der Waals surface area contributed by atoms with Gasteiger partial charge in [-0.2, -0.15) is 4.98 Å². The van der Waals surface area contributed by atoms with E-state index in [0.717, 1.165) is 46.8 Å². The molecule has 2 aliphatic heterocycles. The molecule has 4 aromatic rings. The van der Waals surface area contributed by atoms with Gasteiger partial charge in [-0.15, -0.1) is 0 Å². The topological polar surface area (TPSA) is 78.4 Å². The molecule has 6 rings (SSSR count). The molecule has 8 heteroatoms. The van der Waals surface area contributed by atoms with Gasteiger partial charge >= 0.3 is 0 Å². The number of pyridine rings is 1. The van der Waals surface area contributed by atoms with Gasteiger partial charge in [-0.25, -0.2) is 4.98 Å². The van der Waals surface area contributed by atoms with Gasteiger partial charge in [0.2, 0.25) is 5.95 Å². The lowest BCUT2D eigenvalue weighted by atomic mass is 9.99.